The van der Waals surface area contributed by atoms with Crippen LogP contribution in [-0.4, -0.2) is 58.0 Å². The predicted octanol–water partition coefficient (Wildman–Crippen LogP) is 2.38. The van der Waals surface area contributed by atoms with Gasteiger partial charge in [-0.1, -0.05) is 0 Å². The molecular formula is C22H26FN3O5S. The average Bonchev–Trinajstić information content (AvgIpc) is 3.27. The van der Waals surface area contributed by atoms with E-state index in [2.05, 4.69) is 10.0 Å². The molecule has 0 spiro atoms. The van der Waals surface area contributed by atoms with Crippen molar-refractivity contribution in [3.05, 3.63) is 59.9 Å². The topological polar surface area (TPSA) is 105 Å². The van der Waals surface area contributed by atoms with Crippen molar-refractivity contribution in [2.45, 2.75) is 30.2 Å². The summed E-state index contributed by atoms with van der Waals surface area (Å²) < 4.78 is 45.3. The van der Waals surface area contributed by atoms with E-state index < -0.39 is 21.9 Å². The minimum atomic E-state index is -3.89. The predicted molar refractivity (Wildman–Crippen MR) is 117 cm³/mol. The van der Waals surface area contributed by atoms with Gasteiger partial charge in [-0.2, -0.15) is 0 Å². The van der Waals surface area contributed by atoms with Crippen molar-refractivity contribution in [2.75, 3.05) is 31.5 Å². The Morgan fingerprint density at radius 1 is 1.12 bits per heavy atom. The van der Waals surface area contributed by atoms with Crippen LogP contribution in [-0.2, 0) is 19.6 Å². The van der Waals surface area contributed by atoms with Gasteiger partial charge in [0.2, 0.25) is 5.91 Å². The molecule has 0 bridgehead atoms. The van der Waals surface area contributed by atoms with Crippen molar-refractivity contribution in [3.8, 4) is 0 Å². The highest BCUT2D eigenvalue weighted by Crippen LogP contribution is 2.22. The molecule has 2 N–H and O–H groups in total. The minimum Gasteiger partial charge on any atom is -0.385 e. The molecule has 3 rings (SSSR count). The van der Waals surface area contributed by atoms with Crippen molar-refractivity contribution in [1.29, 1.82) is 0 Å². The Kier molecular flexibility index (Phi) is 7.81. The number of ether oxygens (including phenoxy) is 1. The van der Waals surface area contributed by atoms with E-state index in [-0.39, 0.29) is 22.4 Å². The third-order valence-electron chi connectivity index (χ3n) is 5.15. The second-order valence-corrected chi connectivity index (χ2v) is 9.11. The van der Waals surface area contributed by atoms with Crippen LogP contribution in [0.5, 0.6) is 0 Å². The van der Waals surface area contributed by atoms with Crippen LogP contribution in [0.2, 0.25) is 0 Å². The number of nitrogens with zero attached hydrogens (tertiary/aromatic N) is 1. The Balaban J connectivity index is 1.64. The van der Waals surface area contributed by atoms with E-state index in [1.807, 2.05) is 0 Å². The van der Waals surface area contributed by atoms with Gasteiger partial charge in [0.25, 0.3) is 15.9 Å². The van der Waals surface area contributed by atoms with E-state index in [1.54, 1.807) is 12.0 Å². The number of sulfonamides is 1. The van der Waals surface area contributed by atoms with Crippen molar-refractivity contribution >= 4 is 27.5 Å². The highest BCUT2D eigenvalue weighted by molar-refractivity contribution is 7.92. The Labute approximate surface area is 186 Å². The number of benzene rings is 2. The number of hydrogen-bond donors (Lipinski definition) is 2. The summed E-state index contributed by atoms with van der Waals surface area (Å²) in [5, 5.41) is 2.84. The highest BCUT2D eigenvalue weighted by atomic mass is 32.2. The van der Waals surface area contributed by atoms with Crippen LogP contribution in [0, 0.1) is 5.82 Å². The van der Waals surface area contributed by atoms with Gasteiger partial charge in [0, 0.05) is 38.1 Å². The number of hydrogen-bond acceptors (Lipinski definition) is 5. The molecule has 1 heterocycles. The largest absolute Gasteiger partial charge is 0.385 e. The number of nitrogens with one attached hydrogen (secondary N) is 2. The van der Waals surface area contributed by atoms with Gasteiger partial charge in [-0.25, -0.2) is 12.8 Å². The Morgan fingerprint density at radius 2 is 1.81 bits per heavy atom. The van der Waals surface area contributed by atoms with Crippen LogP contribution in [0.4, 0.5) is 10.1 Å². The second kappa shape index (κ2) is 10.6. The molecule has 0 aliphatic carbocycles. The van der Waals surface area contributed by atoms with Crippen LogP contribution in [0.25, 0.3) is 0 Å². The standard InChI is InChI=1S/C22H26FN3O5S/c1-31-15-3-13-24-21(27)20-4-2-14-26(20)22(28)16-5-9-18(10-6-16)25-32(29,30)19-11-7-17(23)8-12-19/h5-12,20,25H,2-4,13-15H2,1H3,(H,24,27)/t20-/m1/s1. The molecule has 1 atom stereocenters. The maximum atomic E-state index is 13.0. The Bertz CT molecular complexity index is 1040. The fourth-order valence-corrected chi connectivity index (χ4v) is 4.56. The fraction of sp³-hybridized carbons (Fsp3) is 0.364. The number of anilines is 1. The van der Waals surface area contributed by atoms with E-state index in [1.165, 1.54) is 36.4 Å². The summed E-state index contributed by atoms with van der Waals surface area (Å²) in [4.78, 5) is 26.9. The van der Waals surface area contributed by atoms with Gasteiger partial charge in [0.05, 0.1) is 4.90 Å². The van der Waals surface area contributed by atoms with E-state index in [0.717, 1.165) is 18.6 Å². The minimum absolute atomic E-state index is 0.0736. The molecule has 0 unspecified atom stereocenters. The summed E-state index contributed by atoms with van der Waals surface area (Å²) in [7, 11) is -2.29. The Morgan fingerprint density at radius 3 is 2.47 bits per heavy atom. The number of halogens is 1. The molecule has 2 aromatic carbocycles. The molecule has 0 aromatic heterocycles. The molecule has 0 radical (unpaired) electrons. The van der Waals surface area contributed by atoms with Gasteiger partial charge < -0.3 is 15.0 Å². The molecule has 172 valence electrons. The van der Waals surface area contributed by atoms with Crippen molar-refractivity contribution in [1.82, 2.24) is 10.2 Å². The average molecular weight is 464 g/mol. The number of amides is 2. The van der Waals surface area contributed by atoms with E-state index in [9.17, 15) is 22.4 Å². The summed E-state index contributed by atoms with van der Waals surface area (Å²) in [6, 6.07) is 9.92. The molecule has 1 aliphatic heterocycles. The number of methoxy groups -OCH3 is 1. The summed E-state index contributed by atoms with van der Waals surface area (Å²) in [5.74, 6) is -1.00. The van der Waals surface area contributed by atoms with Crippen molar-refractivity contribution < 1.29 is 27.1 Å². The third-order valence-corrected chi connectivity index (χ3v) is 6.55. The highest BCUT2D eigenvalue weighted by Gasteiger charge is 2.34. The van der Waals surface area contributed by atoms with Gasteiger partial charge in [0.1, 0.15) is 11.9 Å². The summed E-state index contributed by atoms with van der Waals surface area (Å²) >= 11 is 0. The van der Waals surface area contributed by atoms with E-state index in [4.69, 9.17) is 4.74 Å². The van der Waals surface area contributed by atoms with Gasteiger partial charge in [-0.05, 0) is 67.8 Å². The quantitative estimate of drug-likeness (QED) is 0.556. The zero-order chi connectivity index (χ0) is 23.1. The smallest absolute Gasteiger partial charge is 0.261 e. The summed E-state index contributed by atoms with van der Waals surface area (Å²) in [5.41, 5.74) is 0.619. The van der Waals surface area contributed by atoms with E-state index >= 15 is 0 Å². The molecule has 32 heavy (non-hydrogen) atoms. The lowest BCUT2D eigenvalue weighted by Crippen LogP contribution is -2.46. The monoisotopic (exact) mass is 463 g/mol. The van der Waals surface area contributed by atoms with Gasteiger partial charge >= 0.3 is 0 Å². The molecule has 0 saturated carbocycles. The van der Waals surface area contributed by atoms with Crippen molar-refractivity contribution in [2.24, 2.45) is 0 Å². The number of carbonyl (C=O) groups excluding carboxylic acids is 2. The Hall–Kier alpha value is -2.98. The molecule has 1 aliphatic rings. The van der Waals surface area contributed by atoms with Crippen molar-refractivity contribution in [3.63, 3.8) is 0 Å². The third kappa shape index (κ3) is 5.83. The lowest BCUT2D eigenvalue weighted by atomic mass is 10.1. The molecule has 2 aromatic rings. The first kappa shape index (κ1) is 23.7. The summed E-state index contributed by atoms with van der Waals surface area (Å²) in [6.07, 6.45) is 2.02. The van der Waals surface area contributed by atoms with Gasteiger partial charge in [-0.15, -0.1) is 0 Å². The number of carbonyl (C=O) groups is 2. The van der Waals surface area contributed by atoms with Crippen LogP contribution in [0.15, 0.2) is 53.4 Å². The molecule has 10 heteroatoms. The lowest BCUT2D eigenvalue weighted by molar-refractivity contribution is -0.124. The van der Waals surface area contributed by atoms with Crippen LogP contribution < -0.4 is 10.0 Å². The number of likely N-dealkylation sites (tertiary alicyclic amines) is 1. The first-order chi connectivity index (χ1) is 15.3. The van der Waals surface area contributed by atoms with Crippen LogP contribution in [0.1, 0.15) is 29.6 Å². The zero-order valence-corrected chi connectivity index (χ0v) is 18.5. The lowest BCUT2D eigenvalue weighted by Gasteiger charge is -2.24. The van der Waals surface area contributed by atoms with Gasteiger partial charge in [-0.3, -0.25) is 14.3 Å². The first-order valence-electron chi connectivity index (χ1n) is 10.3. The molecule has 1 fully saturated rings. The molecule has 1 saturated heterocycles. The maximum absolute atomic E-state index is 13.0. The van der Waals surface area contributed by atoms with Crippen LogP contribution >= 0.6 is 0 Å². The molecule has 2 amide bonds. The van der Waals surface area contributed by atoms with Gasteiger partial charge in [0.15, 0.2) is 0 Å². The van der Waals surface area contributed by atoms with Crippen LogP contribution in [0.3, 0.4) is 0 Å². The molecular weight excluding hydrogens is 437 g/mol. The first-order valence-corrected chi connectivity index (χ1v) is 11.8. The fourth-order valence-electron chi connectivity index (χ4n) is 3.50. The second-order valence-electron chi connectivity index (χ2n) is 7.43. The van der Waals surface area contributed by atoms with E-state index in [0.29, 0.717) is 38.1 Å². The molecule has 8 nitrogen and oxygen atoms in total. The zero-order valence-electron chi connectivity index (χ0n) is 17.7. The normalized spacial score (nSPS) is 16.1. The SMILES string of the molecule is COCCCNC(=O)[C@H]1CCCN1C(=O)c1ccc(NS(=O)(=O)c2ccc(F)cc2)cc1. The number of rotatable bonds is 9. The maximum Gasteiger partial charge on any atom is 0.261 e. The summed E-state index contributed by atoms with van der Waals surface area (Å²) in [6.45, 7) is 1.51.